The van der Waals surface area contributed by atoms with Crippen LogP contribution >= 0.6 is 11.6 Å². The van der Waals surface area contributed by atoms with Crippen molar-refractivity contribution in [3.05, 3.63) is 47.1 Å². The minimum Gasteiger partial charge on any atom is -0.418 e. The molecule has 4 heteroatoms. The first-order valence-electron chi connectivity index (χ1n) is 5.22. The van der Waals surface area contributed by atoms with Gasteiger partial charge in [-0.25, -0.2) is 9.97 Å². The average molecular weight is 245 g/mol. The highest BCUT2D eigenvalue weighted by molar-refractivity contribution is 6.30. The van der Waals surface area contributed by atoms with Crippen molar-refractivity contribution < 1.29 is 4.42 Å². The van der Waals surface area contributed by atoms with Gasteiger partial charge in [-0.3, -0.25) is 0 Å². The lowest BCUT2D eigenvalue weighted by Crippen LogP contribution is -1.78. The third-order valence-corrected chi connectivity index (χ3v) is 2.74. The maximum absolute atomic E-state index is 5.84. The fourth-order valence-electron chi connectivity index (χ4n) is 1.63. The number of nitrogens with zero attached hydrogens (tertiary/aromatic N) is 2. The fourth-order valence-corrected chi connectivity index (χ4v) is 1.75. The molecule has 0 aliphatic carbocycles. The standard InChI is InChI=1S/C13H9ClN2O/c1-8-2-7-11-13(15-8)17-12(16-11)9-3-5-10(14)6-4-9/h2-7H,1H3. The summed E-state index contributed by atoms with van der Waals surface area (Å²) in [5.41, 5.74) is 3.14. The number of fused-ring (bicyclic) bond motifs is 1. The van der Waals surface area contributed by atoms with Crippen molar-refractivity contribution in [2.24, 2.45) is 0 Å². The van der Waals surface area contributed by atoms with Crippen LogP contribution in [0.3, 0.4) is 0 Å². The number of benzene rings is 1. The van der Waals surface area contributed by atoms with Crippen LogP contribution in [0.5, 0.6) is 0 Å². The van der Waals surface area contributed by atoms with E-state index < -0.39 is 0 Å². The number of hydrogen-bond acceptors (Lipinski definition) is 3. The zero-order valence-electron chi connectivity index (χ0n) is 9.14. The summed E-state index contributed by atoms with van der Waals surface area (Å²) < 4.78 is 5.61. The van der Waals surface area contributed by atoms with E-state index in [-0.39, 0.29) is 0 Å². The van der Waals surface area contributed by atoms with E-state index in [2.05, 4.69) is 9.97 Å². The maximum atomic E-state index is 5.84. The summed E-state index contributed by atoms with van der Waals surface area (Å²) in [6.45, 7) is 1.92. The quantitative estimate of drug-likeness (QED) is 0.653. The Kier molecular flexibility index (Phi) is 2.34. The number of rotatable bonds is 1. The van der Waals surface area contributed by atoms with Crippen molar-refractivity contribution in [1.82, 2.24) is 9.97 Å². The Morgan fingerprint density at radius 2 is 1.76 bits per heavy atom. The highest BCUT2D eigenvalue weighted by Crippen LogP contribution is 2.24. The lowest BCUT2D eigenvalue weighted by atomic mass is 10.2. The second kappa shape index (κ2) is 3.86. The molecule has 3 rings (SSSR count). The molecule has 0 radical (unpaired) electrons. The van der Waals surface area contributed by atoms with E-state index in [1.807, 2.05) is 43.3 Å². The predicted molar refractivity (Wildman–Crippen MR) is 67.0 cm³/mol. The van der Waals surface area contributed by atoms with Crippen LogP contribution in [0.1, 0.15) is 5.69 Å². The Hall–Kier alpha value is -1.87. The summed E-state index contributed by atoms with van der Waals surface area (Å²) in [5.74, 6) is 0.565. The second-order valence-electron chi connectivity index (χ2n) is 3.80. The monoisotopic (exact) mass is 244 g/mol. The van der Waals surface area contributed by atoms with Crippen LogP contribution in [0, 0.1) is 6.92 Å². The molecule has 0 saturated heterocycles. The number of pyridine rings is 1. The molecule has 1 aromatic carbocycles. The lowest BCUT2D eigenvalue weighted by Gasteiger charge is -1.93. The number of oxazole rings is 1. The van der Waals surface area contributed by atoms with Gasteiger partial charge in [0.15, 0.2) is 0 Å². The van der Waals surface area contributed by atoms with Gasteiger partial charge in [-0.1, -0.05) is 11.6 Å². The molecule has 3 nitrogen and oxygen atoms in total. The zero-order chi connectivity index (χ0) is 11.8. The number of aryl methyl sites for hydroxylation is 1. The summed E-state index contributed by atoms with van der Waals surface area (Å²) in [5, 5.41) is 0.693. The van der Waals surface area contributed by atoms with Crippen LogP contribution < -0.4 is 0 Å². The van der Waals surface area contributed by atoms with Crippen LogP contribution in [0.25, 0.3) is 22.7 Å². The molecule has 0 N–H and O–H groups in total. The van der Waals surface area contributed by atoms with Gasteiger partial charge in [-0.15, -0.1) is 0 Å². The van der Waals surface area contributed by atoms with E-state index >= 15 is 0 Å². The van der Waals surface area contributed by atoms with Crippen molar-refractivity contribution in [3.63, 3.8) is 0 Å². The van der Waals surface area contributed by atoms with Crippen molar-refractivity contribution in [2.45, 2.75) is 6.92 Å². The predicted octanol–water partition coefficient (Wildman–Crippen LogP) is 3.85. The van der Waals surface area contributed by atoms with E-state index in [1.165, 1.54) is 0 Å². The van der Waals surface area contributed by atoms with Crippen molar-refractivity contribution >= 4 is 22.8 Å². The molecule has 0 atom stereocenters. The minimum atomic E-state index is 0.565. The second-order valence-corrected chi connectivity index (χ2v) is 4.24. The zero-order valence-corrected chi connectivity index (χ0v) is 9.90. The van der Waals surface area contributed by atoms with E-state index in [1.54, 1.807) is 0 Å². The molecule has 0 amide bonds. The maximum Gasteiger partial charge on any atom is 0.247 e. The molecule has 0 saturated carbocycles. The van der Waals surface area contributed by atoms with Crippen molar-refractivity contribution in [1.29, 1.82) is 0 Å². The van der Waals surface area contributed by atoms with Crippen LogP contribution in [0.4, 0.5) is 0 Å². The van der Waals surface area contributed by atoms with Crippen molar-refractivity contribution in [3.8, 4) is 11.5 Å². The van der Waals surface area contributed by atoms with Gasteiger partial charge >= 0.3 is 0 Å². The molecule has 0 unspecified atom stereocenters. The molecule has 17 heavy (non-hydrogen) atoms. The number of aromatic nitrogens is 2. The Labute approximate surface area is 103 Å². The Morgan fingerprint density at radius 3 is 2.53 bits per heavy atom. The van der Waals surface area contributed by atoms with Crippen LogP contribution in [0.15, 0.2) is 40.8 Å². The van der Waals surface area contributed by atoms with Gasteiger partial charge in [0.2, 0.25) is 11.6 Å². The summed E-state index contributed by atoms with van der Waals surface area (Å²) in [6.07, 6.45) is 0. The van der Waals surface area contributed by atoms with Gasteiger partial charge in [0, 0.05) is 16.3 Å². The summed E-state index contributed by atoms with van der Waals surface area (Å²) in [4.78, 5) is 8.67. The molecule has 0 aliphatic rings. The molecule has 0 fully saturated rings. The number of hydrogen-bond donors (Lipinski definition) is 0. The molecular formula is C13H9ClN2O. The molecule has 0 bridgehead atoms. The molecule has 84 valence electrons. The first-order chi connectivity index (χ1) is 8.22. The lowest BCUT2D eigenvalue weighted by molar-refractivity contribution is 0.607. The molecular weight excluding hydrogens is 236 g/mol. The summed E-state index contributed by atoms with van der Waals surface area (Å²) in [6, 6.07) is 11.2. The van der Waals surface area contributed by atoms with E-state index in [0.717, 1.165) is 16.8 Å². The Morgan fingerprint density at radius 1 is 1.00 bits per heavy atom. The normalized spacial score (nSPS) is 10.9. The molecule has 0 aliphatic heterocycles. The van der Waals surface area contributed by atoms with E-state index in [4.69, 9.17) is 16.0 Å². The Balaban J connectivity index is 2.14. The van der Waals surface area contributed by atoms with Crippen LogP contribution in [0.2, 0.25) is 5.02 Å². The smallest absolute Gasteiger partial charge is 0.247 e. The molecule has 2 heterocycles. The molecule has 0 spiro atoms. The van der Waals surface area contributed by atoms with Crippen molar-refractivity contribution in [2.75, 3.05) is 0 Å². The van der Waals surface area contributed by atoms with Crippen LogP contribution in [-0.2, 0) is 0 Å². The number of halogens is 1. The topological polar surface area (TPSA) is 38.9 Å². The van der Waals surface area contributed by atoms with Gasteiger partial charge in [-0.05, 0) is 43.3 Å². The third kappa shape index (κ3) is 1.89. The van der Waals surface area contributed by atoms with Crippen LogP contribution in [-0.4, -0.2) is 9.97 Å². The molecule has 3 aromatic rings. The summed E-state index contributed by atoms with van der Waals surface area (Å²) >= 11 is 5.84. The first-order valence-corrected chi connectivity index (χ1v) is 5.60. The van der Waals surface area contributed by atoms with Gasteiger partial charge in [-0.2, -0.15) is 0 Å². The molecule has 2 aromatic heterocycles. The van der Waals surface area contributed by atoms with Gasteiger partial charge in [0.1, 0.15) is 5.52 Å². The average Bonchev–Trinajstić information content (AvgIpc) is 2.72. The minimum absolute atomic E-state index is 0.565. The van der Waals surface area contributed by atoms with Gasteiger partial charge in [0.25, 0.3) is 0 Å². The third-order valence-electron chi connectivity index (χ3n) is 2.49. The summed E-state index contributed by atoms with van der Waals surface area (Å²) in [7, 11) is 0. The highest BCUT2D eigenvalue weighted by atomic mass is 35.5. The highest BCUT2D eigenvalue weighted by Gasteiger charge is 2.08. The SMILES string of the molecule is Cc1ccc2nc(-c3ccc(Cl)cc3)oc2n1. The fraction of sp³-hybridized carbons (Fsp3) is 0.0769. The van der Waals surface area contributed by atoms with Gasteiger partial charge in [0.05, 0.1) is 0 Å². The van der Waals surface area contributed by atoms with Gasteiger partial charge < -0.3 is 4.42 Å². The first kappa shape index (κ1) is 10.3. The largest absolute Gasteiger partial charge is 0.418 e. The van der Waals surface area contributed by atoms with E-state index in [9.17, 15) is 0 Å². The van der Waals surface area contributed by atoms with E-state index in [0.29, 0.717) is 16.6 Å². The Bertz CT molecular complexity index is 673.